The molecule has 1 aliphatic heterocycles. The molecule has 0 bridgehead atoms. The third-order valence-electron chi connectivity index (χ3n) is 4.26. The monoisotopic (exact) mass is 273 g/mol. The second-order valence-corrected chi connectivity index (χ2v) is 5.43. The summed E-state index contributed by atoms with van der Waals surface area (Å²) in [7, 11) is 0. The van der Waals surface area contributed by atoms with Crippen molar-refractivity contribution in [2.75, 3.05) is 13.2 Å². The van der Waals surface area contributed by atoms with Crippen LogP contribution in [0.2, 0.25) is 0 Å². The van der Waals surface area contributed by atoms with Crippen LogP contribution in [0.1, 0.15) is 28.0 Å². The molecule has 1 aliphatic carbocycles. The second kappa shape index (κ2) is 4.07. The van der Waals surface area contributed by atoms with Crippen molar-refractivity contribution >= 4 is 16.9 Å². The maximum Gasteiger partial charge on any atom is 0.335 e. The van der Waals surface area contributed by atoms with E-state index in [1.807, 2.05) is 6.07 Å². The van der Waals surface area contributed by atoms with Gasteiger partial charge in [-0.2, -0.15) is 0 Å². The summed E-state index contributed by atoms with van der Waals surface area (Å²) < 4.78 is 11.6. The number of aromatic nitrogens is 1. The van der Waals surface area contributed by atoms with Gasteiger partial charge < -0.3 is 19.6 Å². The van der Waals surface area contributed by atoms with Crippen molar-refractivity contribution < 1.29 is 19.4 Å². The van der Waals surface area contributed by atoms with Crippen LogP contribution in [0.3, 0.4) is 0 Å². The number of H-pyrrole nitrogens is 1. The molecule has 0 radical (unpaired) electrons. The largest absolute Gasteiger partial charge is 0.478 e. The summed E-state index contributed by atoms with van der Waals surface area (Å²) in [6.45, 7) is 1.27. The molecule has 5 heteroatoms. The van der Waals surface area contributed by atoms with Crippen LogP contribution in [0, 0.1) is 0 Å². The van der Waals surface area contributed by atoms with Gasteiger partial charge in [0.15, 0.2) is 5.79 Å². The minimum absolute atomic E-state index is 0.312. The van der Waals surface area contributed by atoms with Crippen LogP contribution in [-0.2, 0) is 22.3 Å². The molecule has 5 nitrogen and oxygen atoms in total. The molecule has 0 amide bonds. The number of ether oxygens (including phenoxy) is 2. The lowest BCUT2D eigenvalue weighted by atomic mass is 9.90. The first kappa shape index (κ1) is 11.9. The Bertz CT molecular complexity index is 697. The molecule has 1 fully saturated rings. The van der Waals surface area contributed by atoms with E-state index >= 15 is 0 Å². The predicted octanol–water partition coefficient (Wildman–Crippen LogP) is 2.10. The van der Waals surface area contributed by atoms with Gasteiger partial charge in [0.1, 0.15) is 0 Å². The SMILES string of the molecule is O=C(O)c1ccc2[nH]c3c(c2c1)CC1(CC3)OCCO1. The Kier molecular flexibility index (Phi) is 2.43. The van der Waals surface area contributed by atoms with Crippen molar-refractivity contribution in [2.24, 2.45) is 0 Å². The van der Waals surface area contributed by atoms with E-state index in [0.717, 1.165) is 29.3 Å². The number of carboxylic acid groups (broad SMARTS) is 1. The Balaban J connectivity index is 1.84. The number of aryl methyl sites for hydroxylation is 1. The Morgan fingerprint density at radius 3 is 2.85 bits per heavy atom. The first-order valence-corrected chi connectivity index (χ1v) is 6.82. The van der Waals surface area contributed by atoms with E-state index in [2.05, 4.69) is 4.98 Å². The number of aromatic amines is 1. The Morgan fingerprint density at radius 1 is 1.30 bits per heavy atom. The maximum absolute atomic E-state index is 11.1. The molecule has 0 unspecified atom stereocenters. The van der Waals surface area contributed by atoms with Crippen LogP contribution in [0.15, 0.2) is 18.2 Å². The summed E-state index contributed by atoms with van der Waals surface area (Å²) in [4.78, 5) is 14.5. The number of fused-ring (bicyclic) bond motifs is 3. The first-order valence-electron chi connectivity index (χ1n) is 6.82. The highest BCUT2D eigenvalue weighted by atomic mass is 16.7. The van der Waals surface area contributed by atoms with Crippen molar-refractivity contribution in [1.29, 1.82) is 0 Å². The van der Waals surface area contributed by atoms with Gasteiger partial charge in [-0.25, -0.2) is 4.79 Å². The Morgan fingerprint density at radius 2 is 2.10 bits per heavy atom. The van der Waals surface area contributed by atoms with Crippen LogP contribution in [0.5, 0.6) is 0 Å². The highest BCUT2D eigenvalue weighted by Crippen LogP contribution is 2.38. The van der Waals surface area contributed by atoms with Gasteiger partial charge in [0, 0.05) is 29.4 Å². The van der Waals surface area contributed by atoms with E-state index in [1.165, 1.54) is 5.69 Å². The quantitative estimate of drug-likeness (QED) is 0.834. The molecule has 0 saturated carbocycles. The molecule has 2 aromatic rings. The molecule has 104 valence electrons. The van der Waals surface area contributed by atoms with Gasteiger partial charge in [0.05, 0.1) is 18.8 Å². The van der Waals surface area contributed by atoms with E-state index in [4.69, 9.17) is 14.6 Å². The van der Waals surface area contributed by atoms with Gasteiger partial charge in [0.2, 0.25) is 0 Å². The minimum Gasteiger partial charge on any atom is -0.478 e. The molecular formula is C15H15NO4. The minimum atomic E-state index is -0.902. The summed E-state index contributed by atoms with van der Waals surface area (Å²) in [6, 6.07) is 5.20. The van der Waals surface area contributed by atoms with Gasteiger partial charge in [-0.3, -0.25) is 0 Å². The normalized spacial score (nSPS) is 20.4. The highest BCUT2D eigenvalue weighted by Gasteiger charge is 2.41. The van der Waals surface area contributed by atoms with E-state index in [-0.39, 0.29) is 0 Å². The number of nitrogens with one attached hydrogen (secondary N) is 1. The highest BCUT2D eigenvalue weighted by molar-refractivity contribution is 5.95. The van der Waals surface area contributed by atoms with E-state index in [1.54, 1.807) is 12.1 Å². The van der Waals surface area contributed by atoms with Crippen LogP contribution in [0.25, 0.3) is 10.9 Å². The maximum atomic E-state index is 11.1. The van der Waals surface area contributed by atoms with Crippen molar-refractivity contribution in [3.63, 3.8) is 0 Å². The lowest BCUT2D eigenvalue weighted by Crippen LogP contribution is -2.36. The van der Waals surface area contributed by atoms with Crippen LogP contribution in [-0.4, -0.2) is 35.1 Å². The summed E-state index contributed by atoms with van der Waals surface area (Å²) in [5.74, 6) is -1.40. The smallest absolute Gasteiger partial charge is 0.335 e. The zero-order valence-electron chi connectivity index (χ0n) is 10.9. The number of carbonyl (C=O) groups is 1. The standard InChI is InChI=1S/C15H15NO4/c17-14(18)9-1-2-12-10(7-9)11-8-15(19-5-6-20-15)4-3-13(11)16-12/h1-2,7,16H,3-6,8H2,(H,17,18). The van der Waals surface area contributed by atoms with Gasteiger partial charge in [-0.1, -0.05) is 0 Å². The van der Waals surface area contributed by atoms with Crippen LogP contribution < -0.4 is 0 Å². The van der Waals surface area contributed by atoms with Crippen molar-refractivity contribution in [3.05, 3.63) is 35.0 Å². The fourth-order valence-electron chi connectivity index (χ4n) is 3.27. The van der Waals surface area contributed by atoms with Crippen molar-refractivity contribution in [1.82, 2.24) is 4.98 Å². The average molecular weight is 273 g/mol. The fraction of sp³-hybridized carbons (Fsp3) is 0.400. The Labute approximate surface area is 115 Å². The molecule has 2 N–H and O–H groups in total. The first-order chi connectivity index (χ1) is 9.67. The third kappa shape index (κ3) is 1.67. The summed E-state index contributed by atoms with van der Waals surface area (Å²) in [5.41, 5.74) is 3.60. The van der Waals surface area contributed by atoms with E-state index in [9.17, 15) is 4.79 Å². The zero-order chi connectivity index (χ0) is 13.7. The van der Waals surface area contributed by atoms with E-state index < -0.39 is 11.8 Å². The van der Waals surface area contributed by atoms with Gasteiger partial charge >= 0.3 is 5.97 Å². The average Bonchev–Trinajstić information content (AvgIpc) is 3.03. The fourth-order valence-corrected chi connectivity index (χ4v) is 3.27. The summed E-state index contributed by atoms with van der Waals surface area (Å²) in [6.07, 6.45) is 2.40. The lowest BCUT2D eigenvalue weighted by molar-refractivity contribution is -0.163. The number of carboxylic acids is 1. The number of benzene rings is 1. The molecule has 0 atom stereocenters. The van der Waals surface area contributed by atoms with E-state index in [0.29, 0.717) is 25.2 Å². The number of aromatic carboxylic acids is 1. The number of hydrogen-bond acceptors (Lipinski definition) is 3. The second-order valence-electron chi connectivity index (χ2n) is 5.43. The molecule has 1 aromatic carbocycles. The van der Waals surface area contributed by atoms with Gasteiger partial charge in [-0.15, -0.1) is 0 Å². The van der Waals surface area contributed by atoms with Crippen LogP contribution >= 0.6 is 0 Å². The summed E-state index contributed by atoms with van der Waals surface area (Å²) >= 11 is 0. The number of rotatable bonds is 1. The molecule has 4 rings (SSSR count). The third-order valence-corrected chi connectivity index (χ3v) is 4.26. The molecule has 2 heterocycles. The molecule has 1 spiro atoms. The van der Waals surface area contributed by atoms with Crippen molar-refractivity contribution in [3.8, 4) is 0 Å². The van der Waals surface area contributed by atoms with Crippen LogP contribution in [0.4, 0.5) is 0 Å². The predicted molar refractivity (Wildman–Crippen MR) is 71.9 cm³/mol. The van der Waals surface area contributed by atoms with Gasteiger partial charge in [-0.05, 0) is 30.2 Å². The molecule has 1 aromatic heterocycles. The Hall–Kier alpha value is -1.85. The molecule has 1 saturated heterocycles. The number of hydrogen-bond donors (Lipinski definition) is 2. The molecular weight excluding hydrogens is 258 g/mol. The van der Waals surface area contributed by atoms with Gasteiger partial charge in [0.25, 0.3) is 0 Å². The summed E-state index contributed by atoms with van der Waals surface area (Å²) in [5, 5.41) is 10.1. The van der Waals surface area contributed by atoms with Crippen molar-refractivity contribution in [2.45, 2.75) is 25.0 Å². The topological polar surface area (TPSA) is 71.5 Å². The molecule has 20 heavy (non-hydrogen) atoms. The molecule has 2 aliphatic rings. The lowest BCUT2D eigenvalue weighted by Gasteiger charge is -2.31. The zero-order valence-corrected chi connectivity index (χ0v) is 10.9.